The normalized spacial score (nSPS) is 20.7. The average molecular weight is 432 g/mol. The van der Waals surface area contributed by atoms with Crippen molar-refractivity contribution in [3.05, 3.63) is 48.0 Å². The Bertz CT molecular complexity index is 1040. The summed E-state index contributed by atoms with van der Waals surface area (Å²) in [5, 5.41) is 2.83. The lowest BCUT2D eigenvalue weighted by Gasteiger charge is -2.40. The zero-order valence-corrected chi connectivity index (χ0v) is 18.2. The van der Waals surface area contributed by atoms with E-state index < -0.39 is 10.0 Å². The zero-order chi connectivity index (χ0) is 20.6. The molecule has 0 unspecified atom stereocenters. The van der Waals surface area contributed by atoms with Gasteiger partial charge in [-0.1, -0.05) is 12.1 Å². The Morgan fingerprint density at radius 3 is 2.72 bits per heavy atom. The lowest BCUT2D eigenvalue weighted by molar-refractivity contribution is -0.115. The maximum Gasteiger partial charge on any atom is 0.243 e. The highest BCUT2D eigenvalue weighted by atomic mass is 32.2. The molecule has 2 aromatic rings. The first-order valence-corrected chi connectivity index (χ1v) is 12.2. The average Bonchev–Trinajstić information content (AvgIpc) is 2.87. The van der Waals surface area contributed by atoms with Gasteiger partial charge in [0.15, 0.2) is 0 Å². The van der Waals surface area contributed by atoms with Gasteiger partial charge >= 0.3 is 0 Å². The maximum atomic E-state index is 13.3. The molecule has 0 radical (unpaired) electrons. The molecule has 1 fully saturated rings. The van der Waals surface area contributed by atoms with Crippen LogP contribution in [0.4, 0.5) is 11.4 Å². The third-order valence-corrected chi connectivity index (χ3v) is 8.31. The number of carbonyl (C=O) groups is 1. The van der Waals surface area contributed by atoms with Crippen LogP contribution in [0.1, 0.15) is 18.9 Å². The van der Waals surface area contributed by atoms with Crippen LogP contribution in [0.25, 0.3) is 0 Å². The van der Waals surface area contributed by atoms with Gasteiger partial charge in [-0.05, 0) is 49.7 Å². The molecule has 1 saturated heterocycles. The molecule has 0 spiro atoms. The van der Waals surface area contributed by atoms with Crippen molar-refractivity contribution in [1.29, 1.82) is 0 Å². The molecule has 1 amide bonds. The van der Waals surface area contributed by atoms with E-state index in [9.17, 15) is 13.2 Å². The first kappa shape index (κ1) is 20.3. The number of nitrogens with one attached hydrogen (secondary N) is 1. The van der Waals surface area contributed by atoms with Crippen molar-refractivity contribution >= 4 is 39.1 Å². The van der Waals surface area contributed by atoms with Crippen molar-refractivity contribution < 1.29 is 13.2 Å². The van der Waals surface area contributed by atoms with E-state index in [0.717, 1.165) is 10.6 Å². The summed E-state index contributed by atoms with van der Waals surface area (Å²) >= 11 is 1.57. The van der Waals surface area contributed by atoms with Crippen molar-refractivity contribution in [2.24, 2.45) is 0 Å². The molecule has 1 atom stereocenters. The van der Waals surface area contributed by atoms with Crippen LogP contribution < -0.4 is 10.2 Å². The summed E-state index contributed by atoms with van der Waals surface area (Å²) in [7, 11) is -3.63. The first-order valence-electron chi connectivity index (χ1n) is 9.75. The number of amides is 1. The Hall–Kier alpha value is -2.03. The van der Waals surface area contributed by atoms with Gasteiger partial charge < -0.3 is 10.2 Å². The van der Waals surface area contributed by atoms with Crippen LogP contribution in [0.5, 0.6) is 0 Å². The Balaban J connectivity index is 1.55. The molecule has 6 nitrogen and oxygen atoms in total. The number of nitrogens with zero attached hydrogens (tertiary/aromatic N) is 2. The Morgan fingerprint density at radius 1 is 1.14 bits per heavy atom. The Labute approximate surface area is 176 Å². The predicted molar refractivity (Wildman–Crippen MR) is 117 cm³/mol. The molecule has 29 heavy (non-hydrogen) atoms. The highest BCUT2D eigenvalue weighted by molar-refractivity contribution is 7.99. The van der Waals surface area contributed by atoms with Gasteiger partial charge in [-0.3, -0.25) is 4.79 Å². The summed E-state index contributed by atoms with van der Waals surface area (Å²) in [5.74, 6) is 0.620. The topological polar surface area (TPSA) is 69.7 Å². The van der Waals surface area contributed by atoms with Crippen molar-refractivity contribution in [1.82, 2.24) is 4.31 Å². The second kappa shape index (κ2) is 8.01. The number of anilines is 2. The first-order chi connectivity index (χ1) is 13.8. The third kappa shape index (κ3) is 4.15. The summed E-state index contributed by atoms with van der Waals surface area (Å²) in [6.45, 7) is 5.61. The second-order valence-corrected chi connectivity index (χ2v) is 10.6. The molecule has 0 bridgehead atoms. The second-order valence-electron chi connectivity index (χ2n) is 7.55. The molecule has 0 aromatic heterocycles. The van der Waals surface area contributed by atoms with Gasteiger partial charge in [0.2, 0.25) is 15.9 Å². The highest BCUT2D eigenvalue weighted by Crippen LogP contribution is 2.34. The lowest BCUT2D eigenvalue weighted by Crippen LogP contribution is -2.53. The molecule has 4 rings (SSSR count). The molecular weight excluding hydrogens is 406 g/mol. The van der Waals surface area contributed by atoms with Crippen molar-refractivity contribution in [3.8, 4) is 0 Å². The number of fused-ring (bicyclic) bond motifs is 1. The van der Waals surface area contributed by atoms with E-state index in [4.69, 9.17) is 0 Å². The van der Waals surface area contributed by atoms with E-state index in [2.05, 4.69) is 42.3 Å². The Kier molecular flexibility index (Phi) is 5.59. The van der Waals surface area contributed by atoms with Crippen LogP contribution >= 0.6 is 11.8 Å². The lowest BCUT2D eigenvalue weighted by atomic mass is 10.1. The van der Waals surface area contributed by atoms with Crippen LogP contribution in [-0.2, 0) is 14.8 Å². The standard InChI is InChI=1S/C21H25N3O3S2/c1-15-4-3-5-17(12-15)24-10-9-23(14-16(24)2)29(26,27)18-6-7-20-19(13-18)22-21(25)8-11-28-20/h3-7,12-13,16H,8-11,14H2,1-2H3,(H,22,25)/t16-/m1/s1. The summed E-state index contributed by atoms with van der Waals surface area (Å²) in [5.41, 5.74) is 2.90. The number of hydrogen-bond donors (Lipinski definition) is 1. The monoisotopic (exact) mass is 431 g/mol. The fourth-order valence-corrected chi connectivity index (χ4v) is 6.32. The van der Waals surface area contributed by atoms with Crippen LogP contribution in [0.3, 0.4) is 0 Å². The molecule has 154 valence electrons. The third-order valence-electron chi connectivity index (χ3n) is 5.37. The van der Waals surface area contributed by atoms with E-state index in [-0.39, 0.29) is 16.8 Å². The number of aryl methyl sites for hydroxylation is 1. The van der Waals surface area contributed by atoms with Crippen LogP contribution in [0.2, 0.25) is 0 Å². The molecule has 2 aromatic carbocycles. The molecule has 2 heterocycles. The summed E-state index contributed by atoms with van der Waals surface area (Å²) < 4.78 is 28.1. The molecule has 0 saturated carbocycles. The number of sulfonamides is 1. The van der Waals surface area contributed by atoms with Crippen molar-refractivity contribution in [2.75, 3.05) is 35.6 Å². The van der Waals surface area contributed by atoms with Gasteiger partial charge in [-0.25, -0.2) is 8.42 Å². The number of benzene rings is 2. The van der Waals surface area contributed by atoms with E-state index >= 15 is 0 Å². The van der Waals surface area contributed by atoms with Crippen LogP contribution in [0.15, 0.2) is 52.3 Å². The minimum atomic E-state index is -3.63. The molecule has 2 aliphatic heterocycles. The smallest absolute Gasteiger partial charge is 0.243 e. The van der Waals surface area contributed by atoms with Crippen molar-refractivity contribution in [3.63, 3.8) is 0 Å². The fourth-order valence-electron chi connectivity index (χ4n) is 3.84. The summed E-state index contributed by atoms with van der Waals surface area (Å²) in [6.07, 6.45) is 0.430. The number of piperazine rings is 1. The molecule has 2 aliphatic rings. The zero-order valence-electron chi connectivity index (χ0n) is 16.6. The van der Waals surface area contributed by atoms with E-state index in [1.54, 1.807) is 34.3 Å². The van der Waals surface area contributed by atoms with Gasteiger partial charge in [-0.15, -0.1) is 11.8 Å². The minimum absolute atomic E-state index is 0.0661. The fraction of sp³-hybridized carbons (Fsp3) is 0.381. The quantitative estimate of drug-likeness (QED) is 0.807. The largest absolute Gasteiger partial charge is 0.366 e. The summed E-state index contributed by atoms with van der Waals surface area (Å²) in [4.78, 5) is 15.3. The van der Waals surface area contributed by atoms with Gasteiger partial charge in [-0.2, -0.15) is 4.31 Å². The van der Waals surface area contributed by atoms with E-state index in [1.165, 1.54) is 5.56 Å². The number of rotatable bonds is 3. The Morgan fingerprint density at radius 2 is 1.97 bits per heavy atom. The van der Waals surface area contributed by atoms with E-state index in [0.29, 0.717) is 37.5 Å². The number of carbonyl (C=O) groups excluding carboxylic acids is 1. The molecule has 1 N–H and O–H groups in total. The molecular formula is C21H25N3O3S2. The van der Waals surface area contributed by atoms with Crippen LogP contribution in [-0.4, -0.2) is 50.1 Å². The van der Waals surface area contributed by atoms with Gasteiger partial charge in [0, 0.05) is 48.4 Å². The van der Waals surface area contributed by atoms with Gasteiger partial charge in [0.25, 0.3) is 0 Å². The highest BCUT2D eigenvalue weighted by Gasteiger charge is 2.33. The SMILES string of the molecule is Cc1cccc(N2CCN(S(=O)(=O)c3ccc4c(c3)NC(=O)CCS4)C[C@H]2C)c1. The predicted octanol–water partition coefficient (Wildman–Crippen LogP) is 3.33. The van der Waals surface area contributed by atoms with Gasteiger partial charge in [0.05, 0.1) is 10.6 Å². The van der Waals surface area contributed by atoms with Gasteiger partial charge in [0.1, 0.15) is 0 Å². The van der Waals surface area contributed by atoms with Crippen LogP contribution in [0, 0.1) is 6.92 Å². The molecule has 8 heteroatoms. The minimum Gasteiger partial charge on any atom is -0.366 e. The number of thioether (sulfide) groups is 1. The van der Waals surface area contributed by atoms with Crippen molar-refractivity contribution in [2.45, 2.75) is 36.1 Å². The number of hydrogen-bond acceptors (Lipinski definition) is 5. The summed E-state index contributed by atoms with van der Waals surface area (Å²) in [6, 6.07) is 13.4. The molecule has 0 aliphatic carbocycles. The van der Waals surface area contributed by atoms with E-state index in [1.807, 2.05) is 6.07 Å². The maximum absolute atomic E-state index is 13.3.